The number of hydrogen-bond donors (Lipinski definition) is 2. The van der Waals surface area contributed by atoms with Crippen LogP contribution in [0.1, 0.15) is 21.7 Å². The van der Waals surface area contributed by atoms with Crippen LogP contribution in [0.3, 0.4) is 0 Å². The fourth-order valence-corrected chi connectivity index (χ4v) is 1.74. The number of nitrogen functional groups attached to an aromatic ring is 1. The Hall–Kier alpha value is -2.63. The number of benzene rings is 1. The number of rotatable bonds is 3. The van der Waals surface area contributed by atoms with Crippen LogP contribution in [-0.2, 0) is 0 Å². The molecule has 0 aliphatic rings. The Bertz CT molecular complexity index is 656. The van der Waals surface area contributed by atoms with E-state index in [4.69, 9.17) is 10.5 Å². The zero-order chi connectivity index (χ0) is 14.7. The van der Waals surface area contributed by atoms with Crippen molar-refractivity contribution < 1.29 is 9.53 Å². The van der Waals surface area contributed by atoms with E-state index in [1.807, 2.05) is 0 Å². The van der Waals surface area contributed by atoms with E-state index in [2.05, 4.69) is 15.5 Å². The zero-order valence-corrected chi connectivity index (χ0v) is 11.6. The Morgan fingerprint density at radius 3 is 2.70 bits per heavy atom. The monoisotopic (exact) mass is 272 g/mol. The summed E-state index contributed by atoms with van der Waals surface area (Å²) in [6.45, 7) is 3.51. The van der Waals surface area contributed by atoms with Crippen molar-refractivity contribution in [1.82, 2.24) is 10.2 Å². The summed E-state index contributed by atoms with van der Waals surface area (Å²) in [4.78, 5) is 12.3. The minimum Gasteiger partial charge on any atom is -0.497 e. The van der Waals surface area contributed by atoms with Crippen molar-refractivity contribution in [2.75, 3.05) is 18.2 Å². The number of methoxy groups -OCH3 is 1. The van der Waals surface area contributed by atoms with Crippen molar-refractivity contribution in [3.05, 3.63) is 41.2 Å². The molecule has 1 amide bonds. The molecular weight excluding hydrogens is 256 g/mol. The first-order valence-electron chi connectivity index (χ1n) is 6.07. The second-order valence-corrected chi connectivity index (χ2v) is 4.39. The maximum atomic E-state index is 12.3. The Labute approximate surface area is 117 Å². The fraction of sp³-hybridized carbons (Fsp3) is 0.214. The van der Waals surface area contributed by atoms with Gasteiger partial charge in [-0.1, -0.05) is 0 Å². The number of anilines is 2. The molecule has 1 heterocycles. The van der Waals surface area contributed by atoms with Crippen LogP contribution < -0.4 is 15.8 Å². The fourth-order valence-electron chi connectivity index (χ4n) is 1.74. The van der Waals surface area contributed by atoms with Gasteiger partial charge in [0, 0.05) is 6.07 Å². The number of aryl methyl sites for hydroxylation is 2. The van der Waals surface area contributed by atoms with E-state index < -0.39 is 0 Å². The molecule has 20 heavy (non-hydrogen) atoms. The van der Waals surface area contributed by atoms with Crippen molar-refractivity contribution in [2.24, 2.45) is 0 Å². The number of nitrogens with zero attached hydrogens (tertiary/aromatic N) is 2. The molecule has 104 valence electrons. The predicted molar refractivity (Wildman–Crippen MR) is 76.9 cm³/mol. The highest BCUT2D eigenvalue weighted by Gasteiger charge is 2.13. The maximum absolute atomic E-state index is 12.3. The smallest absolute Gasteiger partial charge is 0.257 e. The second kappa shape index (κ2) is 5.56. The Morgan fingerprint density at radius 1 is 1.25 bits per heavy atom. The molecule has 6 nitrogen and oxygen atoms in total. The normalized spacial score (nSPS) is 10.2. The molecule has 0 aliphatic heterocycles. The van der Waals surface area contributed by atoms with Gasteiger partial charge in [-0.25, -0.2) is 0 Å². The average molecular weight is 272 g/mol. The number of nitrogens with two attached hydrogens (primary N) is 1. The predicted octanol–water partition coefficient (Wildman–Crippen LogP) is 1.94. The van der Waals surface area contributed by atoms with Crippen LogP contribution in [0.2, 0.25) is 0 Å². The van der Waals surface area contributed by atoms with Crippen LogP contribution in [0.4, 0.5) is 11.4 Å². The minimum atomic E-state index is -0.277. The lowest BCUT2D eigenvalue weighted by molar-refractivity contribution is 0.102. The van der Waals surface area contributed by atoms with Gasteiger partial charge in [-0.05, 0) is 32.0 Å². The van der Waals surface area contributed by atoms with Crippen molar-refractivity contribution in [3.8, 4) is 5.75 Å². The highest BCUT2D eigenvalue weighted by Crippen LogP contribution is 2.25. The van der Waals surface area contributed by atoms with Crippen LogP contribution in [0.25, 0.3) is 0 Å². The summed E-state index contributed by atoms with van der Waals surface area (Å²) in [6.07, 6.45) is 0. The van der Waals surface area contributed by atoms with Gasteiger partial charge in [-0.3, -0.25) is 4.79 Å². The summed E-state index contributed by atoms with van der Waals surface area (Å²) in [5.74, 6) is 0.343. The van der Waals surface area contributed by atoms with Gasteiger partial charge in [0.05, 0.1) is 35.4 Å². The molecule has 3 N–H and O–H groups in total. The molecule has 1 aromatic heterocycles. The highest BCUT2D eigenvalue weighted by atomic mass is 16.5. The molecule has 0 unspecified atom stereocenters. The molecular formula is C14H16N4O2. The first-order valence-corrected chi connectivity index (χ1v) is 6.07. The van der Waals surface area contributed by atoms with E-state index >= 15 is 0 Å². The van der Waals surface area contributed by atoms with Gasteiger partial charge in [0.1, 0.15) is 5.75 Å². The summed E-state index contributed by atoms with van der Waals surface area (Å²) in [5.41, 5.74) is 8.53. The second-order valence-electron chi connectivity index (χ2n) is 4.39. The standard InChI is InChI=1S/C14H16N4O2/c1-8-6-11(9(2)18-17-8)14(19)16-13-7-10(20-3)4-5-12(13)15/h4-7H,15H2,1-3H3,(H,16,19). The van der Waals surface area contributed by atoms with Crippen LogP contribution in [0, 0.1) is 13.8 Å². The Balaban J connectivity index is 2.30. The van der Waals surface area contributed by atoms with Crippen LogP contribution >= 0.6 is 0 Å². The number of nitrogens with one attached hydrogen (secondary N) is 1. The van der Waals surface area contributed by atoms with Gasteiger partial charge in [-0.15, -0.1) is 0 Å². The third kappa shape index (κ3) is 2.85. The van der Waals surface area contributed by atoms with Gasteiger partial charge in [0.2, 0.25) is 0 Å². The molecule has 0 bridgehead atoms. The van der Waals surface area contributed by atoms with Gasteiger partial charge in [-0.2, -0.15) is 10.2 Å². The third-order valence-electron chi connectivity index (χ3n) is 2.85. The molecule has 2 rings (SSSR count). The third-order valence-corrected chi connectivity index (χ3v) is 2.85. The maximum Gasteiger partial charge on any atom is 0.257 e. The lowest BCUT2D eigenvalue weighted by Crippen LogP contribution is -2.16. The summed E-state index contributed by atoms with van der Waals surface area (Å²) in [6, 6.07) is 6.77. The molecule has 0 spiro atoms. The molecule has 0 aliphatic carbocycles. The van der Waals surface area contributed by atoms with Crippen molar-refractivity contribution in [2.45, 2.75) is 13.8 Å². The molecule has 1 aromatic carbocycles. The van der Waals surface area contributed by atoms with E-state index in [0.717, 1.165) is 0 Å². The van der Waals surface area contributed by atoms with Crippen molar-refractivity contribution in [3.63, 3.8) is 0 Å². The van der Waals surface area contributed by atoms with Gasteiger partial charge >= 0.3 is 0 Å². The SMILES string of the molecule is COc1ccc(N)c(NC(=O)c2cc(C)nnc2C)c1. The molecule has 2 aromatic rings. The highest BCUT2D eigenvalue weighted by molar-refractivity contribution is 6.06. The van der Waals surface area contributed by atoms with E-state index in [0.29, 0.717) is 34.1 Å². The van der Waals surface area contributed by atoms with Gasteiger partial charge in [0.15, 0.2) is 0 Å². The summed E-state index contributed by atoms with van der Waals surface area (Å²) in [5, 5.41) is 10.6. The number of amides is 1. The Morgan fingerprint density at radius 2 is 2.00 bits per heavy atom. The zero-order valence-electron chi connectivity index (χ0n) is 11.6. The average Bonchev–Trinajstić information content (AvgIpc) is 2.43. The van der Waals surface area contributed by atoms with Gasteiger partial charge in [0.25, 0.3) is 5.91 Å². The van der Waals surface area contributed by atoms with Crippen molar-refractivity contribution in [1.29, 1.82) is 0 Å². The van der Waals surface area contributed by atoms with Crippen LogP contribution in [0.15, 0.2) is 24.3 Å². The van der Waals surface area contributed by atoms with Gasteiger partial charge < -0.3 is 15.8 Å². The molecule has 0 atom stereocenters. The molecule has 0 radical (unpaired) electrons. The van der Waals surface area contributed by atoms with E-state index in [1.165, 1.54) is 0 Å². The first-order chi connectivity index (χ1) is 9.51. The number of ether oxygens (including phenoxy) is 1. The quantitative estimate of drug-likeness (QED) is 0.833. The van der Waals surface area contributed by atoms with Crippen LogP contribution in [0.5, 0.6) is 5.75 Å². The van der Waals surface area contributed by atoms with E-state index in [1.54, 1.807) is 45.2 Å². The number of carbonyl (C=O) groups excluding carboxylic acids is 1. The molecule has 6 heteroatoms. The molecule has 0 fully saturated rings. The summed E-state index contributed by atoms with van der Waals surface area (Å²) >= 11 is 0. The minimum absolute atomic E-state index is 0.277. The number of hydrogen-bond acceptors (Lipinski definition) is 5. The molecule has 0 saturated carbocycles. The lowest BCUT2D eigenvalue weighted by Gasteiger charge is -2.11. The van der Waals surface area contributed by atoms with E-state index in [9.17, 15) is 4.79 Å². The number of aromatic nitrogens is 2. The molecule has 0 saturated heterocycles. The lowest BCUT2D eigenvalue weighted by atomic mass is 10.1. The van der Waals surface area contributed by atoms with Crippen LogP contribution in [-0.4, -0.2) is 23.2 Å². The number of carbonyl (C=O) groups is 1. The Kier molecular flexibility index (Phi) is 3.84. The topological polar surface area (TPSA) is 90.1 Å². The van der Waals surface area contributed by atoms with E-state index in [-0.39, 0.29) is 5.91 Å². The van der Waals surface area contributed by atoms with Crippen molar-refractivity contribution >= 4 is 17.3 Å². The summed E-state index contributed by atoms with van der Waals surface area (Å²) in [7, 11) is 1.55. The first kappa shape index (κ1) is 13.8. The summed E-state index contributed by atoms with van der Waals surface area (Å²) < 4.78 is 5.11. The largest absolute Gasteiger partial charge is 0.497 e.